The molecule has 0 radical (unpaired) electrons. The van der Waals surface area contributed by atoms with Crippen LogP contribution in [-0.4, -0.2) is 28.5 Å². The lowest BCUT2D eigenvalue weighted by Crippen LogP contribution is -2.25. The van der Waals surface area contributed by atoms with E-state index >= 15 is 0 Å². The molecule has 1 saturated carbocycles. The van der Waals surface area contributed by atoms with Crippen LogP contribution in [0.25, 0.3) is 0 Å². The predicted octanol–water partition coefficient (Wildman–Crippen LogP) is 2.86. The third-order valence-corrected chi connectivity index (χ3v) is 3.79. The van der Waals surface area contributed by atoms with Gasteiger partial charge in [-0.15, -0.1) is 0 Å². The number of anilines is 1. The molecule has 2 rings (SSSR count). The van der Waals surface area contributed by atoms with Crippen LogP contribution in [0.1, 0.15) is 50.4 Å². The first-order valence-corrected chi connectivity index (χ1v) is 8.04. The highest BCUT2D eigenvalue weighted by Crippen LogP contribution is 2.21. The van der Waals surface area contributed by atoms with Crippen LogP contribution < -0.4 is 10.6 Å². The molecule has 116 valence electrons. The zero-order valence-electron chi connectivity index (χ0n) is 12.7. The Labute approximate surface area is 130 Å². The van der Waals surface area contributed by atoms with Crippen LogP contribution in [0, 0.1) is 6.92 Å². The smallest absolute Gasteiger partial charge is 0.220 e. The molecule has 1 fully saturated rings. The van der Waals surface area contributed by atoms with Gasteiger partial charge in [0, 0.05) is 31.0 Å². The molecule has 1 heterocycles. The van der Waals surface area contributed by atoms with Crippen molar-refractivity contribution in [1.29, 1.82) is 0 Å². The summed E-state index contributed by atoms with van der Waals surface area (Å²) < 4.78 is 0. The minimum Gasteiger partial charge on any atom is -0.370 e. The number of carbonyl (C=O) groups is 1. The van der Waals surface area contributed by atoms with Crippen LogP contribution in [0.3, 0.4) is 0 Å². The van der Waals surface area contributed by atoms with E-state index in [1.54, 1.807) is 0 Å². The van der Waals surface area contributed by atoms with E-state index in [-0.39, 0.29) is 5.91 Å². The maximum Gasteiger partial charge on any atom is 0.220 e. The molecule has 0 saturated heterocycles. The molecular formula is C15H23ClN4O. The van der Waals surface area contributed by atoms with E-state index in [0.29, 0.717) is 24.2 Å². The van der Waals surface area contributed by atoms with Crippen LogP contribution in [0.4, 0.5) is 5.82 Å². The van der Waals surface area contributed by atoms with Gasteiger partial charge in [-0.25, -0.2) is 9.97 Å². The molecule has 1 amide bonds. The molecule has 0 aliphatic heterocycles. The number of rotatable bonds is 8. The summed E-state index contributed by atoms with van der Waals surface area (Å²) in [5, 5.41) is 6.75. The van der Waals surface area contributed by atoms with Gasteiger partial charge in [-0.3, -0.25) is 4.79 Å². The van der Waals surface area contributed by atoms with Crippen molar-refractivity contribution in [3.63, 3.8) is 0 Å². The average Bonchev–Trinajstić information content (AvgIpc) is 3.24. The van der Waals surface area contributed by atoms with Crippen molar-refractivity contribution >= 4 is 23.3 Å². The largest absolute Gasteiger partial charge is 0.370 e. The molecule has 0 atom stereocenters. The van der Waals surface area contributed by atoms with Crippen LogP contribution in [-0.2, 0) is 11.2 Å². The van der Waals surface area contributed by atoms with Crippen molar-refractivity contribution in [3.8, 4) is 0 Å². The molecule has 1 aromatic heterocycles. The van der Waals surface area contributed by atoms with E-state index in [0.717, 1.165) is 49.3 Å². The summed E-state index contributed by atoms with van der Waals surface area (Å²) >= 11 is 6.13. The lowest BCUT2D eigenvalue weighted by atomic mass is 10.2. The molecule has 0 spiro atoms. The quantitative estimate of drug-likeness (QED) is 0.572. The fourth-order valence-corrected chi connectivity index (χ4v) is 2.21. The second-order valence-corrected chi connectivity index (χ2v) is 5.88. The van der Waals surface area contributed by atoms with Crippen molar-refractivity contribution in [1.82, 2.24) is 15.3 Å². The van der Waals surface area contributed by atoms with E-state index in [1.165, 1.54) is 0 Å². The predicted molar refractivity (Wildman–Crippen MR) is 84.7 cm³/mol. The van der Waals surface area contributed by atoms with E-state index in [9.17, 15) is 4.79 Å². The topological polar surface area (TPSA) is 66.9 Å². The van der Waals surface area contributed by atoms with E-state index in [2.05, 4.69) is 27.5 Å². The van der Waals surface area contributed by atoms with Crippen LogP contribution in [0.2, 0.25) is 5.15 Å². The van der Waals surface area contributed by atoms with Crippen molar-refractivity contribution in [3.05, 3.63) is 16.5 Å². The van der Waals surface area contributed by atoms with Gasteiger partial charge in [0.05, 0.1) is 0 Å². The third-order valence-electron chi connectivity index (χ3n) is 3.42. The first-order valence-electron chi connectivity index (χ1n) is 7.66. The summed E-state index contributed by atoms with van der Waals surface area (Å²) in [5.74, 6) is 1.69. The molecule has 2 N–H and O–H groups in total. The van der Waals surface area contributed by atoms with Crippen molar-refractivity contribution in [2.24, 2.45) is 0 Å². The third kappa shape index (κ3) is 5.16. The summed E-state index contributed by atoms with van der Waals surface area (Å²) in [6.07, 6.45) is 5.39. The number of nitrogens with one attached hydrogen (secondary N) is 2. The molecule has 1 aromatic rings. The Kier molecular flexibility index (Phi) is 5.79. The Hall–Kier alpha value is -1.36. The standard InChI is InChI=1S/C15H23ClN4O/c1-3-5-12-19-14(16)10(2)15(20-12)17-9-4-6-13(21)18-11-7-8-11/h11H,3-9H2,1-2H3,(H,18,21)(H,17,19,20). The van der Waals surface area contributed by atoms with Crippen LogP contribution >= 0.6 is 11.6 Å². The minimum absolute atomic E-state index is 0.142. The number of aromatic nitrogens is 2. The van der Waals surface area contributed by atoms with E-state index in [4.69, 9.17) is 11.6 Å². The Morgan fingerprint density at radius 3 is 2.81 bits per heavy atom. The van der Waals surface area contributed by atoms with Gasteiger partial charge >= 0.3 is 0 Å². The van der Waals surface area contributed by atoms with Gasteiger partial charge in [0.25, 0.3) is 0 Å². The molecule has 0 aromatic carbocycles. The number of carbonyl (C=O) groups excluding carboxylic acids is 1. The fraction of sp³-hybridized carbons (Fsp3) is 0.667. The Morgan fingerprint density at radius 2 is 2.14 bits per heavy atom. The van der Waals surface area contributed by atoms with Crippen molar-refractivity contribution in [2.45, 2.75) is 58.4 Å². The fourth-order valence-electron chi connectivity index (χ4n) is 2.02. The summed E-state index contributed by atoms with van der Waals surface area (Å²) in [6, 6.07) is 0.435. The maximum atomic E-state index is 11.6. The maximum absolute atomic E-state index is 11.6. The molecule has 0 bridgehead atoms. The monoisotopic (exact) mass is 310 g/mol. The van der Waals surface area contributed by atoms with Gasteiger partial charge in [0.15, 0.2) is 0 Å². The van der Waals surface area contributed by atoms with Gasteiger partial charge in [0.1, 0.15) is 16.8 Å². The zero-order valence-corrected chi connectivity index (χ0v) is 13.5. The number of nitrogens with zero attached hydrogens (tertiary/aromatic N) is 2. The van der Waals surface area contributed by atoms with Crippen LogP contribution in [0.15, 0.2) is 0 Å². The highest BCUT2D eigenvalue weighted by molar-refractivity contribution is 6.30. The average molecular weight is 311 g/mol. The number of halogens is 1. The highest BCUT2D eigenvalue weighted by atomic mass is 35.5. The lowest BCUT2D eigenvalue weighted by Gasteiger charge is -2.11. The number of amides is 1. The van der Waals surface area contributed by atoms with Gasteiger partial charge in [-0.05, 0) is 32.6 Å². The summed E-state index contributed by atoms with van der Waals surface area (Å²) in [7, 11) is 0. The molecule has 6 heteroatoms. The zero-order chi connectivity index (χ0) is 15.2. The molecular weight excluding hydrogens is 288 g/mol. The van der Waals surface area contributed by atoms with Crippen molar-refractivity contribution in [2.75, 3.05) is 11.9 Å². The van der Waals surface area contributed by atoms with E-state index in [1.807, 2.05) is 6.92 Å². The summed E-state index contributed by atoms with van der Waals surface area (Å²) in [6.45, 7) is 4.70. The first kappa shape index (κ1) is 16.0. The lowest BCUT2D eigenvalue weighted by molar-refractivity contribution is -0.121. The van der Waals surface area contributed by atoms with Crippen LogP contribution in [0.5, 0.6) is 0 Å². The Morgan fingerprint density at radius 1 is 1.38 bits per heavy atom. The SMILES string of the molecule is CCCc1nc(Cl)c(C)c(NCCCC(=O)NC2CC2)n1. The molecule has 0 unspecified atom stereocenters. The first-order chi connectivity index (χ1) is 10.1. The number of hydrogen-bond acceptors (Lipinski definition) is 4. The van der Waals surface area contributed by atoms with Gasteiger partial charge in [0.2, 0.25) is 5.91 Å². The number of hydrogen-bond donors (Lipinski definition) is 2. The minimum atomic E-state index is 0.142. The van der Waals surface area contributed by atoms with E-state index < -0.39 is 0 Å². The molecule has 21 heavy (non-hydrogen) atoms. The molecule has 1 aliphatic carbocycles. The highest BCUT2D eigenvalue weighted by Gasteiger charge is 2.22. The Balaban J connectivity index is 1.79. The molecule has 5 nitrogen and oxygen atoms in total. The summed E-state index contributed by atoms with van der Waals surface area (Å²) in [5.41, 5.74) is 0.860. The Bertz CT molecular complexity index is 503. The second-order valence-electron chi connectivity index (χ2n) is 5.53. The molecule has 1 aliphatic rings. The van der Waals surface area contributed by atoms with Gasteiger partial charge < -0.3 is 10.6 Å². The normalized spacial score (nSPS) is 14.0. The van der Waals surface area contributed by atoms with Crippen molar-refractivity contribution < 1.29 is 4.79 Å². The second kappa shape index (κ2) is 7.59. The van der Waals surface area contributed by atoms with Gasteiger partial charge in [-0.2, -0.15) is 0 Å². The summed E-state index contributed by atoms with van der Waals surface area (Å²) in [4.78, 5) is 20.3. The van der Waals surface area contributed by atoms with Gasteiger partial charge in [-0.1, -0.05) is 18.5 Å². The number of aryl methyl sites for hydroxylation is 1.